The van der Waals surface area contributed by atoms with E-state index in [4.69, 9.17) is 0 Å². The van der Waals surface area contributed by atoms with Crippen LogP contribution < -0.4 is 5.32 Å². The molecule has 2 N–H and O–H groups in total. The van der Waals surface area contributed by atoms with Gasteiger partial charge in [0.05, 0.1) is 16.1 Å². The van der Waals surface area contributed by atoms with Gasteiger partial charge in [0, 0.05) is 12.6 Å². The first-order valence-electron chi connectivity index (χ1n) is 7.53. The van der Waals surface area contributed by atoms with E-state index >= 15 is 0 Å². The molecule has 2 aliphatic rings. The van der Waals surface area contributed by atoms with E-state index in [1.54, 1.807) is 11.3 Å². The van der Waals surface area contributed by atoms with Crippen LogP contribution in [0.15, 0.2) is 24.3 Å². The van der Waals surface area contributed by atoms with Gasteiger partial charge in [-0.3, -0.25) is 4.79 Å². The summed E-state index contributed by atoms with van der Waals surface area (Å²) < 4.78 is 1.19. The maximum atomic E-state index is 11.5. The molecule has 2 bridgehead atoms. The highest BCUT2D eigenvalue weighted by molar-refractivity contribution is 7.18. The minimum Gasteiger partial charge on any atom is -0.481 e. The summed E-state index contributed by atoms with van der Waals surface area (Å²) in [6.07, 6.45) is 3.33. The molecule has 21 heavy (non-hydrogen) atoms. The van der Waals surface area contributed by atoms with E-state index in [-0.39, 0.29) is 12.0 Å². The zero-order chi connectivity index (χ0) is 14.4. The molecule has 2 fully saturated rings. The van der Waals surface area contributed by atoms with Crippen molar-refractivity contribution in [1.82, 2.24) is 10.3 Å². The molecular weight excluding hydrogens is 284 g/mol. The van der Waals surface area contributed by atoms with Crippen molar-refractivity contribution in [3.63, 3.8) is 0 Å². The number of nitrogens with zero attached hydrogens (tertiary/aromatic N) is 1. The van der Waals surface area contributed by atoms with Crippen molar-refractivity contribution in [2.75, 3.05) is 0 Å². The van der Waals surface area contributed by atoms with Gasteiger partial charge in [0.15, 0.2) is 0 Å². The molecule has 4 unspecified atom stereocenters. The number of rotatable bonds is 4. The Labute approximate surface area is 127 Å². The molecule has 4 rings (SSSR count). The van der Waals surface area contributed by atoms with Gasteiger partial charge in [0.2, 0.25) is 0 Å². The minimum absolute atomic E-state index is 0.119. The van der Waals surface area contributed by atoms with Gasteiger partial charge in [0.1, 0.15) is 5.01 Å². The summed E-state index contributed by atoms with van der Waals surface area (Å²) in [5.41, 5.74) is 1.03. The second-order valence-corrected chi connectivity index (χ2v) is 7.29. The molecule has 0 radical (unpaired) electrons. The monoisotopic (exact) mass is 302 g/mol. The van der Waals surface area contributed by atoms with Crippen molar-refractivity contribution in [2.45, 2.75) is 31.8 Å². The summed E-state index contributed by atoms with van der Waals surface area (Å²) in [6.45, 7) is 0.678. The molecule has 1 aromatic heterocycles. The predicted octanol–water partition coefficient (Wildman–Crippen LogP) is 2.89. The maximum absolute atomic E-state index is 11.5. The summed E-state index contributed by atoms with van der Waals surface area (Å²) in [5.74, 6) is 0.0629. The van der Waals surface area contributed by atoms with Gasteiger partial charge < -0.3 is 10.4 Å². The van der Waals surface area contributed by atoms with Crippen LogP contribution in [0.4, 0.5) is 0 Å². The Balaban J connectivity index is 1.49. The molecule has 2 aliphatic carbocycles. The van der Waals surface area contributed by atoms with Crippen molar-refractivity contribution in [2.24, 2.45) is 17.8 Å². The molecule has 0 amide bonds. The number of benzene rings is 1. The molecule has 1 heterocycles. The second-order valence-electron chi connectivity index (χ2n) is 6.18. The summed E-state index contributed by atoms with van der Waals surface area (Å²) in [5, 5.41) is 14.0. The van der Waals surface area contributed by atoms with E-state index in [1.165, 1.54) is 11.1 Å². The number of aromatic nitrogens is 1. The lowest BCUT2D eigenvalue weighted by Crippen LogP contribution is -2.43. The van der Waals surface area contributed by atoms with Crippen molar-refractivity contribution in [3.8, 4) is 0 Å². The van der Waals surface area contributed by atoms with Crippen LogP contribution in [0.3, 0.4) is 0 Å². The molecule has 0 saturated heterocycles. The first-order chi connectivity index (χ1) is 10.2. The van der Waals surface area contributed by atoms with E-state index in [1.807, 2.05) is 18.2 Å². The first kappa shape index (κ1) is 13.2. The Kier molecular flexibility index (Phi) is 3.19. The number of carbonyl (C=O) groups is 1. The average molecular weight is 302 g/mol. The summed E-state index contributed by atoms with van der Waals surface area (Å²) in [6, 6.07) is 8.23. The highest BCUT2D eigenvalue weighted by Crippen LogP contribution is 2.48. The Bertz CT molecular complexity index is 651. The highest BCUT2D eigenvalue weighted by Gasteiger charge is 2.50. The van der Waals surface area contributed by atoms with Crippen molar-refractivity contribution in [3.05, 3.63) is 29.3 Å². The Hall–Kier alpha value is -1.46. The number of para-hydroxylation sites is 1. The van der Waals surface area contributed by atoms with Crippen LogP contribution in [0.5, 0.6) is 0 Å². The van der Waals surface area contributed by atoms with Crippen LogP contribution in [0, 0.1) is 17.8 Å². The third-order valence-electron chi connectivity index (χ3n) is 5.03. The fourth-order valence-electron chi connectivity index (χ4n) is 4.14. The van der Waals surface area contributed by atoms with Crippen molar-refractivity contribution in [1.29, 1.82) is 0 Å². The highest BCUT2D eigenvalue weighted by atomic mass is 32.1. The van der Waals surface area contributed by atoms with Crippen LogP contribution >= 0.6 is 11.3 Å². The van der Waals surface area contributed by atoms with Gasteiger partial charge in [-0.15, -0.1) is 11.3 Å². The molecular formula is C16H18N2O2S. The van der Waals surface area contributed by atoms with Gasteiger partial charge in [-0.2, -0.15) is 0 Å². The number of aliphatic carboxylic acids is 1. The van der Waals surface area contributed by atoms with E-state index in [2.05, 4.69) is 16.4 Å². The van der Waals surface area contributed by atoms with Gasteiger partial charge in [-0.25, -0.2) is 4.98 Å². The lowest BCUT2D eigenvalue weighted by atomic mass is 9.84. The van der Waals surface area contributed by atoms with E-state index in [0.717, 1.165) is 23.4 Å². The van der Waals surface area contributed by atoms with Gasteiger partial charge in [0.25, 0.3) is 0 Å². The molecule has 0 aliphatic heterocycles. The standard InChI is InChI=1S/C16H18N2O2S/c19-16(20)14-9-5-6-10(7-9)15(14)17-8-13-18-11-3-1-2-4-12(11)21-13/h1-4,9-10,14-15,17H,5-8H2,(H,19,20). The number of fused-ring (bicyclic) bond motifs is 3. The average Bonchev–Trinajstić information content (AvgIpc) is 3.17. The molecule has 2 saturated carbocycles. The summed E-state index contributed by atoms with van der Waals surface area (Å²) >= 11 is 1.69. The fourth-order valence-corrected chi connectivity index (χ4v) is 5.06. The number of nitrogens with one attached hydrogen (secondary N) is 1. The van der Waals surface area contributed by atoms with Crippen molar-refractivity contribution < 1.29 is 9.90 Å². The third-order valence-corrected chi connectivity index (χ3v) is 6.07. The molecule has 1 aromatic carbocycles. The molecule has 5 heteroatoms. The molecule has 0 spiro atoms. The number of carboxylic acids is 1. The zero-order valence-corrected chi connectivity index (χ0v) is 12.5. The zero-order valence-electron chi connectivity index (χ0n) is 11.7. The van der Waals surface area contributed by atoms with E-state index in [9.17, 15) is 9.90 Å². The Morgan fingerprint density at radius 3 is 2.95 bits per heavy atom. The topological polar surface area (TPSA) is 62.2 Å². The lowest BCUT2D eigenvalue weighted by Gasteiger charge is -2.28. The SMILES string of the molecule is O=C(O)C1C2CCC(C2)C1NCc1nc2ccccc2s1. The van der Waals surface area contributed by atoms with Crippen LogP contribution in [-0.2, 0) is 11.3 Å². The molecule has 4 atom stereocenters. The smallest absolute Gasteiger partial charge is 0.308 e. The maximum Gasteiger partial charge on any atom is 0.308 e. The minimum atomic E-state index is -0.635. The normalized spacial score (nSPS) is 31.0. The number of carboxylic acid groups (broad SMARTS) is 1. The third kappa shape index (κ3) is 2.24. The summed E-state index contributed by atoms with van der Waals surface area (Å²) in [4.78, 5) is 16.1. The lowest BCUT2D eigenvalue weighted by molar-refractivity contribution is -0.144. The Morgan fingerprint density at radius 1 is 1.33 bits per heavy atom. The number of hydrogen-bond donors (Lipinski definition) is 2. The van der Waals surface area contributed by atoms with Gasteiger partial charge in [-0.05, 0) is 43.2 Å². The number of thiazole rings is 1. The molecule has 2 aromatic rings. The predicted molar refractivity (Wildman–Crippen MR) is 82.2 cm³/mol. The number of hydrogen-bond acceptors (Lipinski definition) is 4. The fraction of sp³-hybridized carbons (Fsp3) is 0.500. The van der Waals surface area contributed by atoms with E-state index < -0.39 is 5.97 Å². The second kappa shape index (κ2) is 5.07. The quantitative estimate of drug-likeness (QED) is 0.911. The first-order valence-corrected chi connectivity index (χ1v) is 8.34. The van der Waals surface area contributed by atoms with Gasteiger partial charge >= 0.3 is 5.97 Å². The van der Waals surface area contributed by atoms with Crippen LogP contribution in [0.2, 0.25) is 0 Å². The molecule has 110 valence electrons. The van der Waals surface area contributed by atoms with Crippen LogP contribution in [0.25, 0.3) is 10.2 Å². The van der Waals surface area contributed by atoms with Crippen molar-refractivity contribution >= 4 is 27.5 Å². The van der Waals surface area contributed by atoms with Crippen LogP contribution in [-0.4, -0.2) is 22.1 Å². The largest absolute Gasteiger partial charge is 0.481 e. The Morgan fingerprint density at radius 2 is 2.14 bits per heavy atom. The molecule has 4 nitrogen and oxygen atoms in total. The van der Waals surface area contributed by atoms with E-state index in [0.29, 0.717) is 18.4 Å². The van der Waals surface area contributed by atoms with Crippen LogP contribution in [0.1, 0.15) is 24.3 Å². The van der Waals surface area contributed by atoms with Gasteiger partial charge in [-0.1, -0.05) is 12.1 Å². The summed E-state index contributed by atoms with van der Waals surface area (Å²) in [7, 11) is 0.